The van der Waals surface area contributed by atoms with Gasteiger partial charge in [0.2, 0.25) is 0 Å². The van der Waals surface area contributed by atoms with Crippen LogP contribution in [0.4, 0.5) is 0 Å². The predicted octanol–water partition coefficient (Wildman–Crippen LogP) is 2.70. The number of halogens is 1. The average molecular weight is 252 g/mol. The molecular weight excluding hydrogens is 242 g/mol. The Kier molecular flexibility index (Phi) is 3.92. The molecule has 1 nitrogen and oxygen atoms in total. The first kappa shape index (κ1) is 9.58. The Bertz CT molecular complexity index is 220. The number of hydrogen-bond donors (Lipinski definition) is 2. The van der Waals surface area contributed by atoms with Crippen molar-refractivity contribution in [1.82, 2.24) is 5.32 Å². The van der Waals surface area contributed by atoms with E-state index in [1.807, 2.05) is 7.05 Å². The van der Waals surface area contributed by atoms with Crippen molar-refractivity contribution in [3.63, 3.8) is 0 Å². The highest BCUT2D eigenvalue weighted by Gasteiger charge is 2.08. The standard InChI is InChI=1S/C7H10BrNS2/c1-9-6(3-10)7-2-5(8)4-11-7/h2,4,6,9-10H,3H2,1H3. The quantitative estimate of drug-likeness (QED) is 0.788. The van der Waals surface area contributed by atoms with Crippen LogP contribution in [0.2, 0.25) is 0 Å². The van der Waals surface area contributed by atoms with Crippen LogP contribution in [0.1, 0.15) is 10.9 Å². The molecule has 0 aromatic carbocycles. The highest BCUT2D eigenvalue weighted by molar-refractivity contribution is 9.10. The maximum atomic E-state index is 4.25. The Morgan fingerprint density at radius 3 is 2.91 bits per heavy atom. The fourth-order valence-corrected chi connectivity index (χ4v) is 2.89. The van der Waals surface area contributed by atoms with E-state index in [2.05, 4.69) is 45.3 Å². The molecular formula is C7H10BrNS2. The molecule has 0 radical (unpaired) electrons. The van der Waals surface area contributed by atoms with Crippen molar-refractivity contribution >= 4 is 39.9 Å². The Hall–Kier alpha value is 0.490. The molecule has 0 bridgehead atoms. The normalized spacial score (nSPS) is 13.4. The van der Waals surface area contributed by atoms with Crippen LogP contribution in [0.5, 0.6) is 0 Å². The Balaban J connectivity index is 2.73. The van der Waals surface area contributed by atoms with Gasteiger partial charge in [0.25, 0.3) is 0 Å². The van der Waals surface area contributed by atoms with E-state index in [1.54, 1.807) is 11.3 Å². The van der Waals surface area contributed by atoms with Gasteiger partial charge in [0, 0.05) is 20.5 Å². The molecule has 0 fully saturated rings. The van der Waals surface area contributed by atoms with Gasteiger partial charge in [0.05, 0.1) is 6.04 Å². The van der Waals surface area contributed by atoms with E-state index in [4.69, 9.17) is 0 Å². The van der Waals surface area contributed by atoms with Crippen molar-refractivity contribution in [2.75, 3.05) is 12.8 Å². The lowest BCUT2D eigenvalue weighted by molar-refractivity contribution is 0.675. The van der Waals surface area contributed by atoms with Gasteiger partial charge in [-0.05, 0) is 29.0 Å². The molecule has 0 aliphatic heterocycles. The van der Waals surface area contributed by atoms with Crippen LogP contribution < -0.4 is 5.32 Å². The van der Waals surface area contributed by atoms with Crippen LogP contribution in [0.15, 0.2) is 15.9 Å². The Morgan fingerprint density at radius 2 is 2.55 bits per heavy atom. The zero-order valence-electron chi connectivity index (χ0n) is 6.17. The van der Waals surface area contributed by atoms with E-state index in [0.717, 1.165) is 10.2 Å². The minimum absolute atomic E-state index is 0.384. The summed E-state index contributed by atoms with van der Waals surface area (Å²) in [5, 5.41) is 5.28. The Morgan fingerprint density at radius 1 is 1.82 bits per heavy atom. The molecule has 1 aromatic rings. The van der Waals surface area contributed by atoms with Crippen LogP contribution in [0.25, 0.3) is 0 Å². The highest BCUT2D eigenvalue weighted by Crippen LogP contribution is 2.25. The van der Waals surface area contributed by atoms with E-state index in [-0.39, 0.29) is 0 Å². The van der Waals surface area contributed by atoms with Crippen molar-refractivity contribution in [3.8, 4) is 0 Å². The molecule has 1 unspecified atom stereocenters. The first-order chi connectivity index (χ1) is 5.27. The van der Waals surface area contributed by atoms with Crippen molar-refractivity contribution < 1.29 is 0 Å². The van der Waals surface area contributed by atoms with Gasteiger partial charge in [-0.15, -0.1) is 11.3 Å². The lowest BCUT2D eigenvalue weighted by atomic mass is 10.3. The molecule has 1 heterocycles. The fourth-order valence-electron chi connectivity index (χ4n) is 0.835. The molecule has 1 rings (SSSR count). The summed E-state index contributed by atoms with van der Waals surface area (Å²) in [6.07, 6.45) is 0. The van der Waals surface area contributed by atoms with E-state index < -0.39 is 0 Å². The van der Waals surface area contributed by atoms with E-state index in [1.165, 1.54) is 4.88 Å². The van der Waals surface area contributed by atoms with Gasteiger partial charge in [-0.3, -0.25) is 0 Å². The van der Waals surface area contributed by atoms with Gasteiger partial charge in [-0.2, -0.15) is 12.6 Å². The van der Waals surface area contributed by atoms with E-state index >= 15 is 0 Å². The molecule has 62 valence electrons. The van der Waals surface area contributed by atoms with Crippen molar-refractivity contribution in [3.05, 3.63) is 20.8 Å². The minimum atomic E-state index is 0.384. The van der Waals surface area contributed by atoms with Crippen molar-refractivity contribution in [2.45, 2.75) is 6.04 Å². The minimum Gasteiger partial charge on any atom is -0.312 e. The maximum absolute atomic E-state index is 4.25. The van der Waals surface area contributed by atoms with Crippen LogP contribution in [0, 0.1) is 0 Å². The van der Waals surface area contributed by atoms with Gasteiger partial charge in [-0.1, -0.05) is 0 Å². The molecule has 0 saturated carbocycles. The SMILES string of the molecule is CNC(CS)c1cc(Br)cs1. The largest absolute Gasteiger partial charge is 0.312 e. The summed E-state index contributed by atoms with van der Waals surface area (Å²) in [4.78, 5) is 1.33. The molecule has 4 heteroatoms. The molecule has 1 atom stereocenters. The van der Waals surface area contributed by atoms with Crippen LogP contribution in [-0.4, -0.2) is 12.8 Å². The number of thiophene rings is 1. The van der Waals surface area contributed by atoms with E-state index in [0.29, 0.717) is 6.04 Å². The summed E-state index contributed by atoms with van der Waals surface area (Å²) >= 11 is 9.41. The second-order valence-corrected chi connectivity index (χ2v) is 4.41. The first-order valence-corrected chi connectivity index (χ1v) is 5.60. The summed E-state index contributed by atoms with van der Waals surface area (Å²) in [6, 6.07) is 2.51. The summed E-state index contributed by atoms with van der Waals surface area (Å²) in [7, 11) is 1.95. The second kappa shape index (κ2) is 4.50. The predicted molar refractivity (Wildman–Crippen MR) is 57.7 cm³/mol. The average Bonchev–Trinajstić information content (AvgIpc) is 2.39. The van der Waals surface area contributed by atoms with Gasteiger partial charge < -0.3 is 5.32 Å². The van der Waals surface area contributed by atoms with Gasteiger partial charge >= 0.3 is 0 Å². The van der Waals surface area contributed by atoms with Gasteiger partial charge in [0.15, 0.2) is 0 Å². The number of rotatable bonds is 3. The van der Waals surface area contributed by atoms with Crippen molar-refractivity contribution in [1.29, 1.82) is 0 Å². The molecule has 0 amide bonds. The molecule has 0 spiro atoms. The third kappa shape index (κ3) is 2.47. The zero-order chi connectivity index (χ0) is 8.27. The highest BCUT2D eigenvalue weighted by atomic mass is 79.9. The number of nitrogens with one attached hydrogen (secondary N) is 1. The molecule has 1 aromatic heterocycles. The zero-order valence-corrected chi connectivity index (χ0v) is 9.47. The third-order valence-corrected chi connectivity index (χ3v) is 3.63. The summed E-state index contributed by atoms with van der Waals surface area (Å²) in [5.74, 6) is 0.837. The topological polar surface area (TPSA) is 12.0 Å². The molecule has 0 aliphatic carbocycles. The second-order valence-electron chi connectivity index (χ2n) is 2.19. The molecule has 0 saturated heterocycles. The summed E-state index contributed by atoms with van der Waals surface area (Å²) in [5.41, 5.74) is 0. The van der Waals surface area contributed by atoms with Gasteiger partial charge in [0.1, 0.15) is 0 Å². The van der Waals surface area contributed by atoms with Crippen LogP contribution in [0.3, 0.4) is 0 Å². The van der Waals surface area contributed by atoms with Crippen LogP contribution in [-0.2, 0) is 0 Å². The monoisotopic (exact) mass is 251 g/mol. The summed E-state index contributed by atoms with van der Waals surface area (Å²) < 4.78 is 1.15. The van der Waals surface area contributed by atoms with Crippen LogP contribution >= 0.6 is 39.9 Å². The Labute approximate surface area is 84.7 Å². The fraction of sp³-hybridized carbons (Fsp3) is 0.429. The first-order valence-electron chi connectivity index (χ1n) is 3.30. The maximum Gasteiger partial charge on any atom is 0.0502 e. The number of thiol groups is 1. The smallest absolute Gasteiger partial charge is 0.0502 e. The van der Waals surface area contributed by atoms with Crippen molar-refractivity contribution in [2.24, 2.45) is 0 Å². The molecule has 1 N–H and O–H groups in total. The van der Waals surface area contributed by atoms with Gasteiger partial charge in [-0.25, -0.2) is 0 Å². The van der Waals surface area contributed by atoms with E-state index in [9.17, 15) is 0 Å². The summed E-state index contributed by atoms with van der Waals surface area (Å²) in [6.45, 7) is 0. The lowest BCUT2D eigenvalue weighted by Crippen LogP contribution is -2.16. The molecule has 11 heavy (non-hydrogen) atoms. The molecule has 0 aliphatic rings. The third-order valence-electron chi connectivity index (χ3n) is 1.46. The lowest BCUT2D eigenvalue weighted by Gasteiger charge is -2.09. The number of hydrogen-bond acceptors (Lipinski definition) is 3.